The second kappa shape index (κ2) is 4.63. The van der Waals surface area contributed by atoms with Crippen LogP contribution in [0.1, 0.15) is 18.4 Å². The summed E-state index contributed by atoms with van der Waals surface area (Å²) < 4.78 is 6.19. The van der Waals surface area contributed by atoms with E-state index in [9.17, 15) is 0 Å². The summed E-state index contributed by atoms with van der Waals surface area (Å²) in [5.41, 5.74) is 1.03. The number of aliphatic hydroxyl groups excluding tert-OH is 1. The zero-order valence-corrected chi connectivity index (χ0v) is 9.34. The monoisotopic (exact) mass is 244 g/mol. The van der Waals surface area contributed by atoms with Crippen molar-refractivity contribution in [3.8, 4) is 5.75 Å². The maximum Gasteiger partial charge on any atom is 0.122 e. The molecule has 0 spiro atoms. The van der Waals surface area contributed by atoms with Crippen LogP contribution in [-0.2, 0) is 0 Å². The number of ether oxygens (including phenoxy) is 1. The van der Waals surface area contributed by atoms with Gasteiger partial charge in [-0.1, -0.05) is 22.9 Å². The minimum absolute atomic E-state index is 0.104. The summed E-state index contributed by atoms with van der Waals surface area (Å²) in [5, 5.41) is 9.03. The molecule has 0 radical (unpaired) electrons. The molecule has 0 aliphatic rings. The molecule has 1 unspecified atom stereocenters. The molecule has 72 valence electrons. The summed E-state index contributed by atoms with van der Waals surface area (Å²) in [6, 6.07) is 5.79. The molecule has 0 aromatic heterocycles. The predicted molar refractivity (Wildman–Crippen MR) is 56.2 cm³/mol. The Hall–Kier alpha value is -0.540. The molecule has 0 heterocycles. The average Bonchev–Trinajstić information content (AvgIpc) is 2.16. The van der Waals surface area contributed by atoms with Gasteiger partial charge in [0.1, 0.15) is 5.75 Å². The molecular weight excluding hydrogens is 232 g/mol. The zero-order valence-electron chi connectivity index (χ0n) is 7.75. The summed E-state index contributed by atoms with van der Waals surface area (Å²) in [7, 11) is 1.64. The number of aliphatic hydroxyl groups is 1. The van der Waals surface area contributed by atoms with E-state index in [0.717, 1.165) is 15.8 Å². The lowest BCUT2D eigenvalue weighted by atomic mass is 10.0. The van der Waals surface area contributed by atoms with Crippen LogP contribution in [0.25, 0.3) is 0 Å². The van der Waals surface area contributed by atoms with Crippen LogP contribution in [0.3, 0.4) is 0 Å². The van der Waals surface area contributed by atoms with Gasteiger partial charge in [-0.2, -0.15) is 0 Å². The summed E-state index contributed by atoms with van der Waals surface area (Å²) in [6.07, 6.45) is 0. The Labute approximate surface area is 86.7 Å². The fraction of sp³-hybridized carbons (Fsp3) is 0.400. The minimum atomic E-state index is 0.104. The Morgan fingerprint density at radius 1 is 1.54 bits per heavy atom. The van der Waals surface area contributed by atoms with Gasteiger partial charge in [0.15, 0.2) is 0 Å². The molecule has 1 aromatic carbocycles. The van der Waals surface area contributed by atoms with Crippen LogP contribution in [0.15, 0.2) is 22.7 Å². The van der Waals surface area contributed by atoms with Crippen LogP contribution in [0.4, 0.5) is 0 Å². The Bertz CT molecular complexity index is 286. The van der Waals surface area contributed by atoms with Crippen LogP contribution >= 0.6 is 15.9 Å². The summed E-state index contributed by atoms with van der Waals surface area (Å²) in [4.78, 5) is 0. The van der Waals surface area contributed by atoms with Crippen molar-refractivity contribution in [1.82, 2.24) is 0 Å². The highest BCUT2D eigenvalue weighted by Crippen LogP contribution is 2.29. The molecule has 13 heavy (non-hydrogen) atoms. The highest BCUT2D eigenvalue weighted by Gasteiger charge is 2.10. The number of rotatable bonds is 3. The third kappa shape index (κ3) is 2.45. The Morgan fingerprint density at radius 2 is 2.23 bits per heavy atom. The molecule has 0 amide bonds. The van der Waals surface area contributed by atoms with Crippen molar-refractivity contribution >= 4 is 15.9 Å². The smallest absolute Gasteiger partial charge is 0.122 e. The standard InChI is InChI=1S/C10H13BrO2/c1-7(6-12)9-5-8(11)3-4-10(9)13-2/h3-5,7,12H,6H2,1-2H3. The summed E-state index contributed by atoms with van der Waals surface area (Å²) in [6.45, 7) is 2.09. The van der Waals surface area contributed by atoms with Crippen molar-refractivity contribution in [1.29, 1.82) is 0 Å². The van der Waals surface area contributed by atoms with Gasteiger partial charge in [-0.25, -0.2) is 0 Å². The van der Waals surface area contributed by atoms with E-state index in [1.54, 1.807) is 7.11 Å². The molecule has 0 saturated carbocycles. The first kappa shape index (κ1) is 10.5. The van der Waals surface area contributed by atoms with Crippen molar-refractivity contribution in [2.24, 2.45) is 0 Å². The number of methoxy groups -OCH3 is 1. The van der Waals surface area contributed by atoms with Gasteiger partial charge < -0.3 is 9.84 Å². The second-order valence-corrected chi connectivity index (χ2v) is 3.89. The van der Waals surface area contributed by atoms with Crippen LogP contribution in [0, 0.1) is 0 Å². The van der Waals surface area contributed by atoms with Gasteiger partial charge in [0.25, 0.3) is 0 Å². The van der Waals surface area contributed by atoms with E-state index in [1.807, 2.05) is 25.1 Å². The molecule has 3 heteroatoms. The molecule has 0 aliphatic heterocycles. The van der Waals surface area contributed by atoms with Crippen LogP contribution < -0.4 is 4.74 Å². The number of hydrogen-bond acceptors (Lipinski definition) is 2. The van der Waals surface area contributed by atoms with Gasteiger partial charge in [-0.3, -0.25) is 0 Å². The Kier molecular flexibility index (Phi) is 3.75. The van der Waals surface area contributed by atoms with E-state index in [4.69, 9.17) is 9.84 Å². The highest BCUT2D eigenvalue weighted by atomic mass is 79.9. The fourth-order valence-electron chi connectivity index (χ4n) is 1.19. The quantitative estimate of drug-likeness (QED) is 0.886. The number of benzene rings is 1. The Balaban J connectivity index is 3.07. The molecule has 1 rings (SSSR count). The maximum atomic E-state index is 9.03. The maximum absolute atomic E-state index is 9.03. The first-order chi connectivity index (χ1) is 6.19. The van der Waals surface area contributed by atoms with E-state index in [2.05, 4.69) is 15.9 Å². The lowest BCUT2D eigenvalue weighted by molar-refractivity contribution is 0.269. The van der Waals surface area contributed by atoms with E-state index in [0.29, 0.717) is 0 Å². The lowest BCUT2D eigenvalue weighted by Crippen LogP contribution is -2.01. The molecule has 0 fully saturated rings. The van der Waals surface area contributed by atoms with Crippen molar-refractivity contribution in [3.05, 3.63) is 28.2 Å². The largest absolute Gasteiger partial charge is 0.496 e. The molecular formula is C10H13BrO2. The zero-order chi connectivity index (χ0) is 9.84. The molecule has 1 atom stereocenters. The average molecular weight is 245 g/mol. The predicted octanol–water partition coefficient (Wildman–Crippen LogP) is 2.55. The van der Waals surface area contributed by atoms with Crippen molar-refractivity contribution < 1.29 is 9.84 Å². The third-order valence-electron chi connectivity index (χ3n) is 2.00. The first-order valence-electron chi connectivity index (χ1n) is 4.13. The van der Waals surface area contributed by atoms with E-state index in [-0.39, 0.29) is 12.5 Å². The van der Waals surface area contributed by atoms with Crippen LogP contribution in [0.5, 0.6) is 5.75 Å². The van der Waals surface area contributed by atoms with Gasteiger partial charge in [0.2, 0.25) is 0 Å². The lowest BCUT2D eigenvalue weighted by Gasteiger charge is -2.13. The summed E-state index contributed by atoms with van der Waals surface area (Å²) >= 11 is 3.39. The molecule has 0 aliphatic carbocycles. The molecule has 0 saturated heterocycles. The van der Waals surface area contributed by atoms with E-state index >= 15 is 0 Å². The third-order valence-corrected chi connectivity index (χ3v) is 2.49. The van der Waals surface area contributed by atoms with Gasteiger partial charge >= 0.3 is 0 Å². The molecule has 0 bridgehead atoms. The topological polar surface area (TPSA) is 29.5 Å². The van der Waals surface area contributed by atoms with Crippen molar-refractivity contribution in [3.63, 3.8) is 0 Å². The van der Waals surface area contributed by atoms with Gasteiger partial charge in [-0.15, -0.1) is 0 Å². The van der Waals surface area contributed by atoms with Crippen molar-refractivity contribution in [2.75, 3.05) is 13.7 Å². The Morgan fingerprint density at radius 3 is 2.77 bits per heavy atom. The van der Waals surface area contributed by atoms with Crippen molar-refractivity contribution in [2.45, 2.75) is 12.8 Å². The number of halogens is 1. The SMILES string of the molecule is COc1ccc(Br)cc1C(C)CO. The highest BCUT2D eigenvalue weighted by molar-refractivity contribution is 9.10. The molecule has 1 aromatic rings. The summed E-state index contributed by atoms with van der Waals surface area (Å²) in [5.74, 6) is 0.928. The molecule has 2 nitrogen and oxygen atoms in total. The van der Waals surface area contributed by atoms with E-state index in [1.165, 1.54) is 0 Å². The second-order valence-electron chi connectivity index (χ2n) is 2.97. The molecule has 1 N–H and O–H groups in total. The first-order valence-corrected chi connectivity index (χ1v) is 4.92. The number of hydrogen-bond donors (Lipinski definition) is 1. The van der Waals surface area contributed by atoms with Gasteiger partial charge in [0.05, 0.1) is 7.11 Å². The van der Waals surface area contributed by atoms with Crippen LogP contribution in [-0.4, -0.2) is 18.8 Å². The minimum Gasteiger partial charge on any atom is -0.496 e. The fourth-order valence-corrected chi connectivity index (χ4v) is 1.57. The normalized spacial score (nSPS) is 12.6. The van der Waals surface area contributed by atoms with E-state index < -0.39 is 0 Å². The van der Waals surface area contributed by atoms with Gasteiger partial charge in [0, 0.05) is 22.6 Å². The van der Waals surface area contributed by atoms with Crippen LogP contribution in [0.2, 0.25) is 0 Å². The van der Waals surface area contributed by atoms with Gasteiger partial charge in [-0.05, 0) is 18.2 Å².